The Hall–Kier alpha value is -0.0800. The summed E-state index contributed by atoms with van der Waals surface area (Å²) >= 11 is 0. The molecule has 0 aromatic rings. The molecule has 1 fully saturated rings. The average Bonchev–Trinajstić information content (AvgIpc) is 2.17. The van der Waals surface area contributed by atoms with E-state index in [1.165, 1.54) is 12.8 Å². The standard InChI is InChI=1S/C6H12O.C2H6O/c1-5-3-4-6(2)7-5;1-2-3/h5-6H,3-4H2,1-2H3;3H,2H2,1H3. The van der Waals surface area contributed by atoms with Gasteiger partial charge in [0.1, 0.15) is 0 Å². The Kier molecular flexibility index (Phi) is 5.64. The van der Waals surface area contributed by atoms with E-state index in [1.54, 1.807) is 6.92 Å². The van der Waals surface area contributed by atoms with Crippen molar-refractivity contribution in [2.24, 2.45) is 0 Å². The van der Waals surface area contributed by atoms with Crippen LogP contribution in [0, 0.1) is 0 Å². The van der Waals surface area contributed by atoms with Crippen LogP contribution in [0.15, 0.2) is 0 Å². The molecule has 2 atom stereocenters. The van der Waals surface area contributed by atoms with Gasteiger partial charge in [0, 0.05) is 6.61 Å². The topological polar surface area (TPSA) is 29.5 Å². The summed E-state index contributed by atoms with van der Waals surface area (Å²) in [4.78, 5) is 0. The van der Waals surface area contributed by atoms with Crippen LogP contribution in [-0.4, -0.2) is 23.9 Å². The second kappa shape index (κ2) is 5.69. The third kappa shape index (κ3) is 4.77. The molecule has 62 valence electrons. The lowest BCUT2D eigenvalue weighted by atomic mass is 10.2. The van der Waals surface area contributed by atoms with Crippen LogP contribution in [0.1, 0.15) is 33.6 Å². The number of hydrogen-bond donors (Lipinski definition) is 1. The number of aliphatic hydroxyl groups excluding tert-OH is 1. The van der Waals surface area contributed by atoms with Crippen molar-refractivity contribution in [2.75, 3.05) is 6.61 Å². The Bertz CT molecular complexity index is 65.7. The Balaban J connectivity index is 0.000000236. The molecule has 0 aliphatic carbocycles. The van der Waals surface area contributed by atoms with Crippen molar-refractivity contribution in [1.29, 1.82) is 0 Å². The normalized spacial score (nSPS) is 31.2. The van der Waals surface area contributed by atoms with Gasteiger partial charge in [0.05, 0.1) is 12.2 Å². The molecule has 0 saturated carbocycles. The van der Waals surface area contributed by atoms with E-state index in [2.05, 4.69) is 13.8 Å². The maximum absolute atomic E-state index is 7.57. The summed E-state index contributed by atoms with van der Waals surface area (Å²) in [6.07, 6.45) is 3.55. The molecule has 0 aromatic carbocycles. The molecular formula is C8H18O2. The summed E-state index contributed by atoms with van der Waals surface area (Å²) in [5, 5.41) is 7.57. The van der Waals surface area contributed by atoms with Crippen LogP contribution >= 0.6 is 0 Å². The molecule has 1 aliphatic heterocycles. The van der Waals surface area contributed by atoms with E-state index < -0.39 is 0 Å². The lowest BCUT2D eigenvalue weighted by molar-refractivity contribution is 0.0673. The van der Waals surface area contributed by atoms with Crippen LogP contribution in [-0.2, 0) is 4.74 Å². The number of hydrogen-bond acceptors (Lipinski definition) is 2. The van der Waals surface area contributed by atoms with Gasteiger partial charge in [0.25, 0.3) is 0 Å². The molecule has 0 aromatic heterocycles. The second-order valence-corrected chi connectivity index (χ2v) is 2.65. The molecule has 0 amide bonds. The van der Waals surface area contributed by atoms with Gasteiger partial charge in [-0.2, -0.15) is 0 Å². The highest BCUT2D eigenvalue weighted by atomic mass is 16.5. The quantitative estimate of drug-likeness (QED) is 0.562. The molecule has 1 aliphatic rings. The lowest BCUT2D eigenvalue weighted by Crippen LogP contribution is -2.01. The monoisotopic (exact) mass is 146 g/mol. The molecule has 1 N–H and O–H groups in total. The van der Waals surface area contributed by atoms with Crippen molar-refractivity contribution in [2.45, 2.75) is 45.8 Å². The molecule has 1 heterocycles. The number of aliphatic hydroxyl groups is 1. The van der Waals surface area contributed by atoms with Crippen molar-refractivity contribution < 1.29 is 9.84 Å². The largest absolute Gasteiger partial charge is 0.397 e. The smallest absolute Gasteiger partial charge is 0.0551 e. The van der Waals surface area contributed by atoms with E-state index in [9.17, 15) is 0 Å². The summed E-state index contributed by atoms with van der Waals surface area (Å²) in [6.45, 7) is 6.19. The number of ether oxygens (including phenoxy) is 1. The molecule has 0 radical (unpaired) electrons. The van der Waals surface area contributed by atoms with Crippen molar-refractivity contribution in [3.05, 3.63) is 0 Å². The summed E-state index contributed by atoms with van der Waals surface area (Å²) in [7, 11) is 0. The van der Waals surface area contributed by atoms with Crippen LogP contribution in [0.5, 0.6) is 0 Å². The Labute approximate surface area is 63.2 Å². The fourth-order valence-electron chi connectivity index (χ4n) is 1.00. The van der Waals surface area contributed by atoms with Gasteiger partial charge >= 0.3 is 0 Å². The summed E-state index contributed by atoms with van der Waals surface area (Å²) < 4.78 is 5.36. The minimum absolute atomic E-state index is 0.250. The van der Waals surface area contributed by atoms with E-state index in [1.807, 2.05) is 0 Å². The Morgan fingerprint density at radius 2 is 1.60 bits per heavy atom. The van der Waals surface area contributed by atoms with E-state index in [0.717, 1.165) is 0 Å². The predicted molar refractivity (Wildman–Crippen MR) is 42.0 cm³/mol. The third-order valence-electron chi connectivity index (χ3n) is 1.44. The molecule has 1 saturated heterocycles. The highest BCUT2D eigenvalue weighted by Gasteiger charge is 2.16. The van der Waals surface area contributed by atoms with Crippen molar-refractivity contribution in [3.8, 4) is 0 Å². The molecule has 1 rings (SSSR count). The fourth-order valence-corrected chi connectivity index (χ4v) is 1.00. The Morgan fingerprint density at radius 1 is 1.30 bits per heavy atom. The van der Waals surface area contributed by atoms with Crippen molar-refractivity contribution in [1.82, 2.24) is 0 Å². The SMILES string of the molecule is CC1CCC(C)O1.CCO. The molecule has 2 unspecified atom stereocenters. The molecule has 2 heteroatoms. The van der Waals surface area contributed by atoms with Gasteiger partial charge in [0.15, 0.2) is 0 Å². The first-order valence-electron chi connectivity index (χ1n) is 3.97. The highest BCUT2D eigenvalue weighted by molar-refractivity contribution is 4.64. The van der Waals surface area contributed by atoms with Gasteiger partial charge in [-0.25, -0.2) is 0 Å². The molecule has 10 heavy (non-hydrogen) atoms. The van der Waals surface area contributed by atoms with Gasteiger partial charge in [0.2, 0.25) is 0 Å². The van der Waals surface area contributed by atoms with Crippen molar-refractivity contribution in [3.63, 3.8) is 0 Å². The maximum Gasteiger partial charge on any atom is 0.0551 e. The first kappa shape index (κ1) is 9.92. The zero-order valence-corrected chi connectivity index (χ0v) is 7.13. The minimum Gasteiger partial charge on any atom is -0.397 e. The predicted octanol–water partition coefficient (Wildman–Crippen LogP) is 1.57. The molecular weight excluding hydrogens is 128 g/mol. The summed E-state index contributed by atoms with van der Waals surface area (Å²) in [5.41, 5.74) is 0. The number of rotatable bonds is 0. The van der Waals surface area contributed by atoms with Gasteiger partial charge in [-0.15, -0.1) is 0 Å². The zero-order valence-electron chi connectivity index (χ0n) is 7.13. The molecule has 0 bridgehead atoms. The van der Waals surface area contributed by atoms with Gasteiger partial charge in [-0.05, 0) is 33.6 Å². The van der Waals surface area contributed by atoms with E-state index in [0.29, 0.717) is 12.2 Å². The van der Waals surface area contributed by atoms with E-state index in [-0.39, 0.29) is 6.61 Å². The van der Waals surface area contributed by atoms with Crippen LogP contribution in [0.2, 0.25) is 0 Å². The zero-order chi connectivity index (χ0) is 7.98. The van der Waals surface area contributed by atoms with E-state index in [4.69, 9.17) is 9.84 Å². The van der Waals surface area contributed by atoms with Gasteiger partial charge in [-0.3, -0.25) is 0 Å². The van der Waals surface area contributed by atoms with Crippen LogP contribution < -0.4 is 0 Å². The van der Waals surface area contributed by atoms with Gasteiger partial charge < -0.3 is 9.84 Å². The molecule has 2 nitrogen and oxygen atoms in total. The Morgan fingerprint density at radius 3 is 1.70 bits per heavy atom. The summed E-state index contributed by atoms with van der Waals surface area (Å²) in [5.74, 6) is 0. The van der Waals surface area contributed by atoms with E-state index >= 15 is 0 Å². The average molecular weight is 146 g/mol. The second-order valence-electron chi connectivity index (χ2n) is 2.65. The summed E-state index contributed by atoms with van der Waals surface area (Å²) in [6, 6.07) is 0. The van der Waals surface area contributed by atoms with Crippen molar-refractivity contribution >= 4 is 0 Å². The van der Waals surface area contributed by atoms with Crippen LogP contribution in [0.3, 0.4) is 0 Å². The van der Waals surface area contributed by atoms with Gasteiger partial charge in [-0.1, -0.05) is 0 Å². The maximum atomic E-state index is 7.57. The van der Waals surface area contributed by atoms with Crippen LogP contribution in [0.4, 0.5) is 0 Å². The molecule has 0 spiro atoms. The highest BCUT2D eigenvalue weighted by Crippen LogP contribution is 2.17. The third-order valence-corrected chi connectivity index (χ3v) is 1.44. The fraction of sp³-hybridized carbons (Fsp3) is 1.00. The first-order valence-corrected chi connectivity index (χ1v) is 3.97. The first-order chi connectivity index (χ1) is 4.70. The van der Waals surface area contributed by atoms with Crippen LogP contribution in [0.25, 0.3) is 0 Å². The minimum atomic E-state index is 0.250. The lowest BCUT2D eigenvalue weighted by Gasteiger charge is -2.01.